The zero-order valence-electron chi connectivity index (χ0n) is 25.0. The Labute approximate surface area is 256 Å². The van der Waals surface area contributed by atoms with Crippen LogP contribution in [0.5, 0.6) is 5.75 Å². The number of alkyl halides is 3. The summed E-state index contributed by atoms with van der Waals surface area (Å²) in [5.74, 6) is -4.15. The van der Waals surface area contributed by atoms with Gasteiger partial charge in [0.05, 0.1) is 24.7 Å². The number of aliphatic carboxylic acids is 1. The van der Waals surface area contributed by atoms with Gasteiger partial charge in [-0.1, -0.05) is 25.1 Å². The van der Waals surface area contributed by atoms with Gasteiger partial charge in [0.25, 0.3) is 0 Å². The summed E-state index contributed by atoms with van der Waals surface area (Å²) in [5, 5.41) is 33.0. The van der Waals surface area contributed by atoms with Crippen LogP contribution in [0, 0.1) is 23.1 Å². The number of ether oxygens (including phenoxy) is 1. The van der Waals surface area contributed by atoms with Crippen LogP contribution in [0.1, 0.15) is 70.2 Å². The maximum absolute atomic E-state index is 14.2. The summed E-state index contributed by atoms with van der Waals surface area (Å²) in [4.78, 5) is 41.1. The number of carbonyl (C=O) groups is 3. The SMILES string of the molecule is CC[C@]1(C)CC(=O)N(C(c2cncc(F)c2)[C@@H]2C[C@H]2C(=O)N[C@@H]2c3ccccc3OC(C)(C)[C@H]2O)C(=N)N1.O=C(O)C(F)(F)F. The molecule has 244 valence electrons. The standard InChI is InChI=1S/C28H34FN5O4.C2HF3O2/c1-5-28(4)12-21(35)34(26(30)33-28)23(15-10-16(29)14-31-13-15)18-11-19(18)25(37)32-22-17-8-6-7-9-20(17)38-27(2,3)24(22)36;3-2(4,5)1(6)7/h6-10,13-14,18-19,22-24,36H,5,11-12H2,1-4H3,(H2,30,33)(H,32,37);(H,6,7)/t18-,19-,22-,23?,24+,28-;/m1./s1. The molecule has 0 bridgehead atoms. The molecule has 11 nitrogen and oxygen atoms in total. The molecule has 1 aromatic carbocycles. The number of hydrogen-bond acceptors (Lipinski definition) is 7. The van der Waals surface area contributed by atoms with Gasteiger partial charge >= 0.3 is 12.1 Å². The van der Waals surface area contributed by atoms with Crippen LogP contribution >= 0.6 is 0 Å². The van der Waals surface area contributed by atoms with Crippen molar-refractivity contribution in [2.24, 2.45) is 11.8 Å². The minimum absolute atomic E-state index is 0.0681. The monoisotopic (exact) mass is 637 g/mol. The van der Waals surface area contributed by atoms with E-state index in [9.17, 15) is 32.3 Å². The van der Waals surface area contributed by atoms with E-state index in [4.69, 9.17) is 20.0 Å². The van der Waals surface area contributed by atoms with Crippen molar-refractivity contribution >= 4 is 23.7 Å². The molecular formula is C30H35F4N5O6. The van der Waals surface area contributed by atoms with Crippen molar-refractivity contribution < 1.29 is 46.9 Å². The van der Waals surface area contributed by atoms with Crippen molar-refractivity contribution in [2.45, 2.75) is 82.5 Å². The molecule has 1 saturated heterocycles. The third-order valence-corrected chi connectivity index (χ3v) is 8.37. The van der Waals surface area contributed by atoms with Crippen LogP contribution in [0.3, 0.4) is 0 Å². The molecule has 1 unspecified atom stereocenters. The number of nitrogens with zero attached hydrogens (tertiary/aromatic N) is 2. The molecule has 5 rings (SSSR count). The van der Waals surface area contributed by atoms with Crippen LogP contribution in [0.4, 0.5) is 17.6 Å². The molecule has 2 amide bonds. The van der Waals surface area contributed by atoms with Gasteiger partial charge in [0.2, 0.25) is 11.8 Å². The molecule has 2 aromatic rings. The zero-order chi connectivity index (χ0) is 33.5. The molecule has 2 aliphatic heterocycles. The lowest BCUT2D eigenvalue weighted by atomic mass is 9.86. The number of halogens is 4. The molecule has 6 atom stereocenters. The largest absolute Gasteiger partial charge is 0.490 e. The van der Waals surface area contributed by atoms with Crippen LogP contribution in [0.2, 0.25) is 0 Å². The summed E-state index contributed by atoms with van der Waals surface area (Å²) in [6.07, 6.45) is -2.24. The second-order valence-electron chi connectivity index (χ2n) is 12.2. The first-order chi connectivity index (χ1) is 20.9. The fourth-order valence-electron chi connectivity index (χ4n) is 5.65. The fraction of sp³-hybridized carbons (Fsp3) is 0.500. The molecule has 5 N–H and O–H groups in total. The lowest BCUT2D eigenvalue weighted by Gasteiger charge is -2.43. The molecule has 3 aliphatic rings. The van der Waals surface area contributed by atoms with Gasteiger partial charge in [-0.2, -0.15) is 13.2 Å². The van der Waals surface area contributed by atoms with Crippen LogP contribution in [-0.2, 0) is 14.4 Å². The second kappa shape index (κ2) is 12.3. The van der Waals surface area contributed by atoms with Crippen molar-refractivity contribution in [3.05, 3.63) is 59.7 Å². The van der Waals surface area contributed by atoms with E-state index in [1.54, 1.807) is 19.9 Å². The Kier molecular flexibility index (Phi) is 9.16. The number of carboxylic acid groups (broad SMARTS) is 1. The Bertz CT molecular complexity index is 1470. The van der Waals surface area contributed by atoms with E-state index in [0.29, 0.717) is 29.7 Å². The highest BCUT2D eigenvalue weighted by molar-refractivity contribution is 5.99. The number of carboxylic acids is 1. The molecule has 2 fully saturated rings. The molecule has 0 spiro atoms. The Hall–Kier alpha value is -4.27. The van der Waals surface area contributed by atoms with Crippen molar-refractivity contribution in [3.8, 4) is 5.75 Å². The van der Waals surface area contributed by atoms with E-state index in [0.717, 1.165) is 6.20 Å². The number of carbonyl (C=O) groups excluding carboxylic acids is 2. The molecule has 45 heavy (non-hydrogen) atoms. The van der Waals surface area contributed by atoms with Gasteiger partial charge in [-0.05, 0) is 57.2 Å². The smallest absolute Gasteiger partial charge is 0.485 e. The summed E-state index contributed by atoms with van der Waals surface area (Å²) in [5.41, 5.74) is -0.345. The van der Waals surface area contributed by atoms with Gasteiger partial charge in [0, 0.05) is 23.2 Å². The topological polar surface area (TPSA) is 165 Å². The van der Waals surface area contributed by atoms with E-state index in [1.807, 2.05) is 32.0 Å². The van der Waals surface area contributed by atoms with Gasteiger partial charge < -0.3 is 25.6 Å². The highest BCUT2D eigenvalue weighted by atomic mass is 19.4. The minimum Gasteiger partial charge on any atom is -0.485 e. The Morgan fingerprint density at radius 2 is 1.89 bits per heavy atom. The maximum Gasteiger partial charge on any atom is 0.490 e. The van der Waals surface area contributed by atoms with Crippen LogP contribution < -0.4 is 15.4 Å². The number of guanidine groups is 1. The number of rotatable bonds is 6. The van der Waals surface area contributed by atoms with Crippen molar-refractivity contribution in [1.29, 1.82) is 5.41 Å². The van der Waals surface area contributed by atoms with E-state index < -0.39 is 53.2 Å². The van der Waals surface area contributed by atoms with Gasteiger partial charge in [-0.15, -0.1) is 0 Å². The average Bonchev–Trinajstić information content (AvgIpc) is 3.73. The molecule has 15 heteroatoms. The predicted molar refractivity (Wildman–Crippen MR) is 151 cm³/mol. The molecule has 3 heterocycles. The van der Waals surface area contributed by atoms with Gasteiger partial charge in [0.1, 0.15) is 23.3 Å². The average molecular weight is 638 g/mol. The Morgan fingerprint density at radius 3 is 2.47 bits per heavy atom. The van der Waals surface area contributed by atoms with E-state index >= 15 is 0 Å². The van der Waals surface area contributed by atoms with Crippen molar-refractivity contribution in [2.75, 3.05) is 0 Å². The molecule has 1 aromatic heterocycles. The normalized spacial score (nSPS) is 27.5. The third kappa shape index (κ3) is 7.18. The summed E-state index contributed by atoms with van der Waals surface area (Å²) >= 11 is 0. The van der Waals surface area contributed by atoms with Gasteiger partial charge in [-0.25, -0.2) is 9.18 Å². The van der Waals surface area contributed by atoms with E-state index in [-0.39, 0.29) is 30.1 Å². The predicted octanol–water partition coefficient (Wildman–Crippen LogP) is 3.85. The number of aliphatic hydroxyl groups is 1. The molecule has 1 saturated carbocycles. The first-order valence-electron chi connectivity index (χ1n) is 14.2. The van der Waals surface area contributed by atoms with Gasteiger partial charge in [0.15, 0.2) is 5.96 Å². The number of benzene rings is 1. The summed E-state index contributed by atoms with van der Waals surface area (Å²) < 4.78 is 51.9. The highest BCUT2D eigenvalue weighted by Gasteiger charge is 2.55. The Balaban J connectivity index is 0.000000591. The van der Waals surface area contributed by atoms with Crippen molar-refractivity contribution in [3.63, 3.8) is 0 Å². The molecule has 0 radical (unpaired) electrons. The number of fused-ring (bicyclic) bond motifs is 1. The highest BCUT2D eigenvalue weighted by Crippen LogP contribution is 2.52. The Morgan fingerprint density at radius 1 is 1.24 bits per heavy atom. The zero-order valence-corrected chi connectivity index (χ0v) is 25.0. The van der Waals surface area contributed by atoms with E-state index in [2.05, 4.69) is 15.6 Å². The number of para-hydroxylation sites is 1. The van der Waals surface area contributed by atoms with Gasteiger partial charge in [-0.3, -0.25) is 24.9 Å². The molecule has 1 aliphatic carbocycles. The number of pyridine rings is 1. The number of hydrogen-bond donors (Lipinski definition) is 5. The fourth-order valence-corrected chi connectivity index (χ4v) is 5.65. The lowest BCUT2D eigenvalue weighted by Crippen LogP contribution is -2.61. The van der Waals surface area contributed by atoms with Crippen LogP contribution in [-0.4, -0.2) is 67.3 Å². The number of nitrogens with one attached hydrogen (secondary N) is 3. The maximum atomic E-state index is 14.2. The minimum atomic E-state index is -5.08. The van der Waals surface area contributed by atoms with Crippen LogP contribution in [0.25, 0.3) is 0 Å². The summed E-state index contributed by atoms with van der Waals surface area (Å²) in [6, 6.07) is 7.17. The summed E-state index contributed by atoms with van der Waals surface area (Å²) in [7, 11) is 0. The lowest BCUT2D eigenvalue weighted by molar-refractivity contribution is -0.192. The quantitative estimate of drug-likeness (QED) is 0.298. The molecular weight excluding hydrogens is 602 g/mol. The van der Waals surface area contributed by atoms with Crippen LogP contribution in [0.15, 0.2) is 42.7 Å². The third-order valence-electron chi connectivity index (χ3n) is 8.37. The van der Waals surface area contributed by atoms with Crippen molar-refractivity contribution in [1.82, 2.24) is 20.5 Å². The van der Waals surface area contributed by atoms with E-state index in [1.165, 1.54) is 17.2 Å². The number of amides is 2. The first kappa shape index (κ1) is 33.6. The first-order valence-corrected chi connectivity index (χ1v) is 14.2. The number of aromatic nitrogens is 1. The second-order valence-corrected chi connectivity index (χ2v) is 12.2. The number of aliphatic hydroxyl groups excluding tert-OH is 1. The summed E-state index contributed by atoms with van der Waals surface area (Å²) in [6.45, 7) is 7.37.